The van der Waals surface area contributed by atoms with Gasteiger partial charge in [0.25, 0.3) is 0 Å². The second-order valence-corrected chi connectivity index (χ2v) is 8.96. The van der Waals surface area contributed by atoms with Gasteiger partial charge in [0.2, 0.25) is 0 Å². The van der Waals surface area contributed by atoms with Crippen molar-refractivity contribution in [3.8, 4) is 5.82 Å². The van der Waals surface area contributed by atoms with Crippen LogP contribution in [0.3, 0.4) is 0 Å². The van der Waals surface area contributed by atoms with E-state index in [1.54, 1.807) is 10.8 Å². The second-order valence-electron chi connectivity index (χ2n) is 8.96. The maximum absolute atomic E-state index is 13.3. The van der Waals surface area contributed by atoms with E-state index in [0.29, 0.717) is 11.7 Å². The Morgan fingerprint density at radius 3 is 2.55 bits per heavy atom. The Kier molecular flexibility index (Phi) is 6.55. The van der Waals surface area contributed by atoms with E-state index in [4.69, 9.17) is 10.1 Å². The highest BCUT2D eigenvalue weighted by Gasteiger charge is 2.26. The van der Waals surface area contributed by atoms with Crippen LogP contribution in [0.25, 0.3) is 5.82 Å². The van der Waals surface area contributed by atoms with Gasteiger partial charge in [-0.2, -0.15) is 0 Å². The van der Waals surface area contributed by atoms with E-state index < -0.39 is 5.97 Å². The van der Waals surface area contributed by atoms with Crippen molar-refractivity contribution in [3.05, 3.63) is 40.0 Å². The van der Waals surface area contributed by atoms with E-state index in [1.807, 2.05) is 17.7 Å². The van der Waals surface area contributed by atoms with E-state index in [2.05, 4.69) is 16.8 Å². The summed E-state index contributed by atoms with van der Waals surface area (Å²) in [5, 5.41) is 8.91. The quantitative estimate of drug-likeness (QED) is 0.762. The largest absolute Gasteiger partial charge is 0.481 e. The smallest absolute Gasteiger partial charge is 0.334 e. The Morgan fingerprint density at radius 2 is 1.87 bits per heavy atom. The fraction of sp³-hybridized carbons (Fsp3) is 0.652. The molecule has 168 valence electrons. The van der Waals surface area contributed by atoms with Crippen molar-refractivity contribution in [3.63, 3.8) is 0 Å². The molecule has 0 saturated heterocycles. The van der Waals surface area contributed by atoms with Gasteiger partial charge in [0.15, 0.2) is 5.82 Å². The molecule has 0 bridgehead atoms. The highest BCUT2D eigenvalue weighted by atomic mass is 16.4. The first-order valence-electron chi connectivity index (χ1n) is 11.6. The van der Waals surface area contributed by atoms with Crippen LogP contribution in [-0.4, -0.2) is 54.7 Å². The standard InChI is InChI=1S/C23H33N5O3/c1-3-26-12-10-19-20(11-13-26)25-21(14-24-19)27-15-16(2)28(23(27)31)18-7-4-17(5-8-18)6-9-22(29)30/h14-15,17-18H,3-13H2,1-2H3,(H,29,30)/t17-,18-. The summed E-state index contributed by atoms with van der Waals surface area (Å²) >= 11 is 0. The minimum absolute atomic E-state index is 0.0513. The molecule has 1 aliphatic heterocycles. The molecule has 0 spiro atoms. The van der Waals surface area contributed by atoms with Crippen molar-refractivity contribution in [1.29, 1.82) is 0 Å². The van der Waals surface area contributed by atoms with Gasteiger partial charge in [-0.3, -0.25) is 14.3 Å². The van der Waals surface area contributed by atoms with E-state index >= 15 is 0 Å². The predicted octanol–water partition coefficient (Wildman–Crippen LogP) is 2.75. The number of aromatic nitrogens is 4. The lowest BCUT2D eigenvalue weighted by atomic mass is 9.83. The molecule has 31 heavy (non-hydrogen) atoms. The minimum atomic E-state index is -0.726. The normalized spacial score (nSPS) is 22.1. The predicted molar refractivity (Wildman–Crippen MR) is 118 cm³/mol. The Bertz CT molecular complexity index is 988. The van der Waals surface area contributed by atoms with Crippen LogP contribution in [0.15, 0.2) is 17.2 Å². The van der Waals surface area contributed by atoms with Crippen molar-refractivity contribution < 1.29 is 9.90 Å². The molecule has 0 atom stereocenters. The van der Waals surface area contributed by atoms with Gasteiger partial charge in [-0.05, 0) is 51.5 Å². The molecule has 2 aromatic rings. The average Bonchev–Trinajstić information content (AvgIpc) is 2.94. The van der Waals surface area contributed by atoms with E-state index in [1.165, 1.54) is 0 Å². The van der Waals surface area contributed by atoms with Gasteiger partial charge in [-0.15, -0.1) is 0 Å². The van der Waals surface area contributed by atoms with Crippen molar-refractivity contribution in [2.24, 2.45) is 5.92 Å². The summed E-state index contributed by atoms with van der Waals surface area (Å²) in [6.07, 6.45) is 10.1. The van der Waals surface area contributed by atoms with E-state index in [-0.39, 0.29) is 18.2 Å². The van der Waals surface area contributed by atoms with Crippen LogP contribution in [0.2, 0.25) is 0 Å². The molecule has 0 aromatic carbocycles. The summed E-state index contributed by atoms with van der Waals surface area (Å²) in [6.45, 7) is 7.15. The summed E-state index contributed by atoms with van der Waals surface area (Å²) < 4.78 is 3.54. The van der Waals surface area contributed by atoms with Crippen molar-refractivity contribution in [2.75, 3.05) is 19.6 Å². The Labute approximate surface area is 182 Å². The van der Waals surface area contributed by atoms with Crippen LogP contribution in [0.1, 0.15) is 68.6 Å². The monoisotopic (exact) mass is 427 g/mol. The maximum atomic E-state index is 13.3. The van der Waals surface area contributed by atoms with Gasteiger partial charge in [-0.1, -0.05) is 6.92 Å². The first-order valence-corrected chi connectivity index (χ1v) is 11.6. The molecule has 1 aliphatic carbocycles. The van der Waals surface area contributed by atoms with Gasteiger partial charge in [-0.25, -0.2) is 14.3 Å². The molecule has 0 amide bonds. The van der Waals surface area contributed by atoms with Gasteiger partial charge in [0.05, 0.1) is 17.6 Å². The second kappa shape index (κ2) is 9.34. The highest BCUT2D eigenvalue weighted by Crippen LogP contribution is 2.34. The molecule has 8 nitrogen and oxygen atoms in total. The zero-order chi connectivity index (χ0) is 22.0. The number of aliphatic carboxylic acids is 1. The number of hydrogen-bond acceptors (Lipinski definition) is 5. The third kappa shape index (κ3) is 4.74. The topological polar surface area (TPSA) is 93.3 Å². The SMILES string of the molecule is CCN1CCc2ncc(-n3cc(C)n([C@H]4CC[C@H](CCC(=O)O)CC4)c3=O)nc2CC1. The first kappa shape index (κ1) is 21.7. The van der Waals surface area contributed by atoms with Gasteiger partial charge >= 0.3 is 11.7 Å². The van der Waals surface area contributed by atoms with Crippen LogP contribution in [0.4, 0.5) is 0 Å². The van der Waals surface area contributed by atoms with Gasteiger partial charge in [0.1, 0.15) is 0 Å². The number of hydrogen-bond donors (Lipinski definition) is 1. The fourth-order valence-corrected chi connectivity index (χ4v) is 5.12. The van der Waals surface area contributed by atoms with Crippen molar-refractivity contribution in [2.45, 2.75) is 71.3 Å². The number of nitrogens with zero attached hydrogens (tertiary/aromatic N) is 5. The van der Waals surface area contributed by atoms with Crippen LogP contribution in [0, 0.1) is 12.8 Å². The lowest BCUT2D eigenvalue weighted by molar-refractivity contribution is -0.137. The molecule has 0 radical (unpaired) electrons. The number of imidazole rings is 1. The van der Waals surface area contributed by atoms with E-state index in [0.717, 1.165) is 81.7 Å². The van der Waals surface area contributed by atoms with Crippen LogP contribution < -0.4 is 5.69 Å². The lowest BCUT2D eigenvalue weighted by Gasteiger charge is -2.29. The Morgan fingerprint density at radius 1 is 1.16 bits per heavy atom. The summed E-state index contributed by atoms with van der Waals surface area (Å²) in [5.74, 6) is 0.324. The molecule has 3 heterocycles. The third-order valence-corrected chi connectivity index (χ3v) is 7.00. The number of likely N-dealkylation sites (N-methyl/N-ethyl adjacent to an activating group) is 1. The molecule has 8 heteroatoms. The van der Waals surface area contributed by atoms with Crippen molar-refractivity contribution >= 4 is 5.97 Å². The molecular weight excluding hydrogens is 394 g/mol. The molecule has 2 aromatic heterocycles. The van der Waals surface area contributed by atoms with Crippen LogP contribution in [0.5, 0.6) is 0 Å². The number of carboxylic acid groups (broad SMARTS) is 1. The Hall–Kier alpha value is -2.48. The molecule has 4 rings (SSSR count). The first-order chi connectivity index (χ1) is 15.0. The maximum Gasteiger partial charge on any atom is 0.334 e. The zero-order valence-corrected chi connectivity index (χ0v) is 18.6. The average molecular weight is 428 g/mol. The third-order valence-electron chi connectivity index (χ3n) is 7.00. The summed E-state index contributed by atoms with van der Waals surface area (Å²) in [4.78, 5) is 36.0. The van der Waals surface area contributed by atoms with Gasteiger partial charge < -0.3 is 10.0 Å². The number of fused-ring (bicyclic) bond motifs is 1. The van der Waals surface area contributed by atoms with Gasteiger partial charge in [0, 0.05) is 50.3 Å². The minimum Gasteiger partial charge on any atom is -0.481 e. The number of carboxylic acids is 1. The fourth-order valence-electron chi connectivity index (χ4n) is 5.12. The van der Waals surface area contributed by atoms with Crippen molar-refractivity contribution in [1.82, 2.24) is 24.0 Å². The molecule has 1 saturated carbocycles. The summed E-state index contributed by atoms with van der Waals surface area (Å²) in [7, 11) is 0. The molecule has 1 fully saturated rings. The molecular formula is C23H33N5O3. The molecule has 1 N–H and O–H groups in total. The highest BCUT2D eigenvalue weighted by molar-refractivity contribution is 5.66. The van der Waals surface area contributed by atoms with Crippen LogP contribution >= 0.6 is 0 Å². The zero-order valence-electron chi connectivity index (χ0n) is 18.6. The molecule has 2 aliphatic rings. The lowest BCUT2D eigenvalue weighted by Crippen LogP contribution is -2.30. The number of rotatable bonds is 6. The molecule has 0 unspecified atom stereocenters. The summed E-state index contributed by atoms with van der Waals surface area (Å²) in [5.41, 5.74) is 2.94. The number of aryl methyl sites for hydroxylation is 1. The Balaban J connectivity index is 1.51. The van der Waals surface area contributed by atoms with E-state index in [9.17, 15) is 9.59 Å². The number of carbonyl (C=O) groups is 1. The van der Waals surface area contributed by atoms with Crippen LogP contribution in [-0.2, 0) is 17.6 Å². The summed E-state index contributed by atoms with van der Waals surface area (Å²) in [6, 6.07) is 0.168.